The van der Waals surface area contributed by atoms with E-state index in [4.69, 9.17) is 0 Å². The van der Waals surface area contributed by atoms with Crippen LogP contribution in [0.1, 0.15) is 11.5 Å². The number of thiazole rings is 1. The van der Waals surface area contributed by atoms with Gasteiger partial charge in [-0.25, -0.2) is 4.98 Å². The van der Waals surface area contributed by atoms with Gasteiger partial charge in [0.25, 0.3) is 0 Å². The molecule has 1 aromatic heterocycles. The molecule has 0 aliphatic carbocycles. The van der Waals surface area contributed by atoms with Crippen LogP contribution in [0.4, 0.5) is 0 Å². The number of hydrogen-bond donors (Lipinski definition) is 1. The molecule has 1 aliphatic heterocycles. The summed E-state index contributed by atoms with van der Waals surface area (Å²) in [7, 11) is 0. The van der Waals surface area contributed by atoms with E-state index in [0.717, 1.165) is 20.1 Å². The minimum absolute atomic E-state index is 0.0380. The van der Waals surface area contributed by atoms with Crippen LogP contribution in [-0.4, -0.2) is 45.7 Å². The molecule has 1 aliphatic rings. The third kappa shape index (κ3) is 3.84. The van der Waals surface area contributed by atoms with Gasteiger partial charge >= 0.3 is 5.97 Å². The number of fused-ring (bicyclic) bond motifs is 1. The maximum absolute atomic E-state index is 12.7. The summed E-state index contributed by atoms with van der Waals surface area (Å²) in [6.07, 6.45) is 0. The Hall–Kier alpha value is -2.38. The molecule has 27 heavy (non-hydrogen) atoms. The van der Waals surface area contributed by atoms with Gasteiger partial charge in [0.15, 0.2) is 4.34 Å². The Balaban J connectivity index is 1.43. The normalized spacial score (nSPS) is 19.5. The molecule has 2 atom stereocenters. The van der Waals surface area contributed by atoms with Gasteiger partial charge in [-0.2, -0.15) is 0 Å². The third-order valence-corrected chi connectivity index (χ3v) is 6.97. The molecule has 4 rings (SSSR count). The van der Waals surface area contributed by atoms with Gasteiger partial charge in [-0.15, -0.1) is 11.3 Å². The molecule has 3 aromatic rings. The van der Waals surface area contributed by atoms with Crippen molar-refractivity contribution in [2.24, 2.45) is 5.92 Å². The zero-order chi connectivity index (χ0) is 18.8. The van der Waals surface area contributed by atoms with Gasteiger partial charge < -0.3 is 10.0 Å². The van der Waals surface area contributed by atoms with Crippen molar-refractivity contribution in [3.8, 4) is 0 Å². The van der Waals surface area contributed by atoms with Crippen LogP contribution in [0.25, 0.3) is 10.2 Å². The van der Waals surface area contributed by atoms with Crippen LogP contribution in [-0.2, 0) is 9.59 Å². The second-order valence-electron chi connectivity index (χ2n) is 6.50. The fourth-order valence-electron chi connectivity index (χ4n) is 3.42. The lowest BCUT2D eigenvalue weighted by molar-refractivity contribution is -0.141. The zero-order valence-electron chi connectivity index (χ0n) is 14.4. The number of aromatic nitrogens is 1. The number of benzene rings is 2. The average molecular weight is 399 g/mol. The van der Waals surface area contributed by atoms with E-state index in [1.165, 1.54) is 11.8 Å². The summed E-state index contributed by atoms with van der Waals surface area (Å²) in [5.41, 5.74) is 1.91. The fraction of sp³-hybridized carbons (Fsp3) is 0.250. The van der Waals surface area contributed by atoms with Crippen LogP contribution >= 0.6 is 23.1 Å². The summed E-state index contributed by atoms with van der Waals surface area (Å²) < 4.78 is 1.96. The van der Waals surface area contributed by atoms with E-state index in [1.807, 2.05) is 54.6 Å². The number of nitrogens with zero attached hydrogens (tertiary/aromatic N) is 2. The molecule has 0 unspecified atom stereocenters. The number of para-hydroxylation sites is 1. The third-order valence-electron chi connectivity index (χ3n) is 4.81. The highest BCUT2D eigenvalue weighted by atomic mass is 32.2. The van der Waals surface area contributed by atoms with Crippen LogP contribution in [0.3, 0.4) is 0 Å². The van der Waals surface area contributed by atoms with Crippen molar-refractivity contribution in [1.82, 2.24) is 9.88 Å². The Morgan fingerprint density at radius 2 is 1.85 bits per heavy atom. The minimum Gasteiger partial charge on any atom is -0.481 e. The summed E-state index contributed by atoms with van der Waals surface area (Å²) in [6.45, 7) is 0.703. The smallest absolute Gasteiger partial charge is 0.308 e. The van der Waals surface area contributed by atoms with Crippen molar-refractivity contribution in [2.75, 3.05) is 18.8 Å². The van der Waals surface area contributed by atoms with Crippen molar-refractivity contribution in [3.05, 3.63) is 60.2 Å². The Morgan fingerprint density at radius 3 is 2.59 bits per heavy atom. The SMILES string of the molecule is O=C(O)[C@@H]1CN(C(=O)CSc2nc3ccccc3s2)C[C@@H]1c1ccccc1. The molecule has 1 N–H and O–H groups in total. The van der Waals surface area contributed by atoms with Gasteiger partial charge in [-0.3, -0.25) is 9.59 Å². The molecule has 0 spiro atoms. The van der Waals surface area contributed by atoms with E-state index in [-0.39, 0.29) is 24.1 Å². The van der Waals surface area contributed by atoms with Crippen LogP contribution in [0.2, 0.25) is 0 Å². The molecule has 0 bridgehead atoms. The Bertz CT molecular complexity index is 941. The van der Waals surface area contributed by atoms with Gasteiger partial charge in [0.05, 0.1) is 21.9 Å². The first-order chi connectivity index (χ1) is 13.1. The van der Waals surface area contributed by atoms with E-state index < -0.39 is 11.9 Å². The van der Waals surface area contributed by atoms with Crippen LogP contribution < -0.4 is 0 Å². The highest BCUT2D eigenvalue weighted by Crippen LogP contribution is 2.34. The Kier molecular flexibility index (Phi) is 5.13. The lowest BCUT2D eigenvalue weighted by atomic mass is 9.89. The van der Waals surface area contributed by atoms with Crippen LogP contribution in [0.15, 0.2) is 58.9 Å². The summed E-state index contributed by atoms with van der Waals surface area (Å²) in [4.78, 5) is 30.6. The lowest BCUT2D eigenvalue weighted by Crippen LogP contribution is -2.31. The number of likely N-dealkylation sites (tertiary alicyclic amines) is 1. The fourth-order valence-corrected chi connectivity index (χ4v) is 5.39. The first kappa shape index (κ1) is 18.0. The number of hydrogen-bond acceptors (Lipinski definition) is 5. The van der Waals surface area contributed by atoms with Crippen molar-refractivity contribution >= 4 is 45.2 Å². The standard InChI is InChI=1S/C20H18N2O3S2/c23-18(12-26-20-21-16-8-4-5-9-17(16)27-20)22-10-14(15(11-22)19(24)25)13-6-2-1-3-7-13/h1-9,14-15H,10-12H2,(H,24,25)/t14-,15-/m1/s1. The van der Waals surface area contributed by atoms with E-state index in [1.54, 1.807) is 16.2 Å². The number of rotatable bonds is 5. The Labute approximate surface area is 165 Å². The summed E-state index contributed by atoms with van der Waals surface area (Å²) >= 11 is 2.99. The summed E-state index contributed by atoms with van der Waals surface area (Å²) in [6, 6.07) is 17.5. The van der Waals surface area contributed by atoms with Crippen molar-refractivity contribution in [1.29, 1.82) is 0 Å². The highest BCUT2D eigenvalue weighted by molar-refractivity contribution is 8.01. The molecule has 138 valence electrons. The predicted octanol–water partition coefficient (Wildman–Crippen LogP) is 3.72. The van der Waals surface area contributed by atoms with Crippen LogP contribution in [0, 0.1) is 5.92 Å². The number of carboxylic acids is 1. The predicted molar refractivity (Wildman–Crippen MR) is 107 cm³/mol. The molecule has 1 fully saturated rings. The first-order valence-electron chi connectivity index (χ1n) is 8.65. The number of amides is 1. The van der Waals surface area contributed by atoms with Crippen molar-refractivity contribution in [3.63, 3.8) is 0 Å². The monoisotopic (exact) mass is 398 g/mol. The van der Waals surface area contributed by atoms with Gasteiger partial charge in [0, 0.05) is 19.0 Å². The quantitative estimate of drug-likeness (QED) is 0.664. The molecule has 5 nitrogen and oxygen atoms in total. The summed E-state index contributed by atoms with van der Waals surface area (Å²) in [5.74, 6) is -1.35. The van der Waals surface area contributed by atoms with Gasteiger partial charge in [-0.1, -0.05) is 54.2 Å². The highest BCUT2D eigenvalue weighted by Gasteiger charge is 2.40. The van der Waals surface area contributed by atoms with Crippen LogP contribution in [0.5, 0.6) is 0 Å². The van der Waals surface area contributed by atoms with E-state index in [2.05, 4.69) is 4.98 Å². The maximum Gasteiger partial charge on any atom is 0.308 e. The van der Waals surface area contributed by atoms with E-state index >= 15 is 0 Å². The van der Waals surface area contributed by atoms with Gasteiger partial charge in [-0.05, 0) is 17.7 Å². The number of carboxylic acid groups (broad SMARTS) is 1. The molecular formula is C20H18N2O3S2. The van der Waals surface area contributed by atoms with Gasteiger partial charge in [0.2, 0.25) is 5.91 Å². The molecule has 0 saturated carbocycles. The van der Waals surface area contributed by atoms with E-state index in [9.17, 15) is 14.7 Å². The number of thioether (sulfide) groups is 1. The zero-order valence-corrected chi connectivity index (χ0v) is 16.1. The molecule has 0 radical (unpaired) electrons. The molecule has 2 heterocycles. The molecule has 2 aromatic carbocycles. The van der Waals surface area contributed by atoms with E-state index in [0.29, 0.717) is 6.54 Å². The number of carbonyl (C=O) groups is 2. The number of aliphatic carboxylic acids is 1. The van der Waals surface area contributed by atoms with Gasteiger partial charge in [0.1, 0.15) is 0 Å². The first-order valence-corrected chi connectivity index (χ1v) is 10.5. The topological polar surface area (TPSA) is 70.5 Å². The molecule has 1 amide bonds. The molecule has 7 heteroatoms. The second kappa shape index (κ2) is 7.70. The lowest BCUT2D eigenvalue weighted by Gasteiger charge is -2.16. The molecule has 1 saturated heterocycles. The molecular weight excluding hydrogens is 380 g/mol. The largest absolute Gasteiger partial charge is 0.481 e. The Morgan fingerprint density at radius 1 is 1.11 bits per heavy atom. The van der Waals surface area contributed by atoms with Crippen molar-refractivity contribution < 1.29 is 14.7 Å². The average Bonchev–Trinajstić information content (AvgIpc) is 3.31. The minimum atomic E-state index is -0.849. The second-order valence-corrected chi connectivity index (χ2v) is 8.75. The maximum atomic E-state index is 12.7. The number of carbonyl (C=O) groups excluding carboxylic acids is 1. The van der Waals surface area contributed by atoms with Crippen molar-refractivity contribution in [2.45, 2.75) is 10.3 Å². The summed E-state index contributed by atoms with van der Waals surface area (Å²) in [5, 5.41) is 9.58.